The van der Waals surface area contributed by atoms with Gasteiger partial charge in [-0.2, -0.15) is 0 Å². The summed E-state index contributed by atoms with van der Waals surface area (Å²) in [6, 6.07) is 29.3. The number of hydrogen-bond acceptors (Lipinski definition) is 2. The molecule has 2 nitrogen and oxygen atoms in total. The van der Waals surface area contributed by atoms with Crippen LogP contribution in [0.4, 0.5) is 0 Å². The van der Waals surface area contributed by atoms with Gasteiger partial charge in [0.2, 0.25) is 0 Å². The van der Waals surface area contributed by atoms with Crippen molar-refractivity contribution >= 4 is 27.4 Å². The number of halogens is 1. The first-order chi connectivity index (χ1) is 15.0. The van der Waals surface area contributed by atoms with Crippen LogP contribution in [0.3, 0.4) is 0 Å². The summed E-state index contributed by atoms with van der Waals surface area (Å²) < 4.78 is 0.761. The number of benzene rings is 3. The van der Waals surface area contributed by atoms with Gasteiger partial charge in [-0.1, -0.05) is 0 Å². The molecule has 2 unspecified atom stereocenters. The zero-order valence-electron chi connectivity index (χ0n) is 17.8. The van der Waals surface area contributed by atoms with Crippen molar-refractivity contribution in [2.24, 2.45) is 0 Å². The molecule has 4 atom stereocenters. The van der Waals surface area contributed by atoms with Gasteiger partial charge < -0.3 is 0 Å². The first-order valence-electron chi connectivity index (χ1n) is 10.4. The molecule has 0 saturated heterocycles. The van der Waals surface area contributed by atoms with Crippen molar-refractivity contribution in [2.75, 3.05) is 0 Å². The van der Waals surface area contributed by atoms with Gasteiger partial charge in [0.25, 0.3) is 0 Å². The summed E-state index contributed by atoms with van der Waals surface area (Å²) in [6.07, 6.45) is 1.45. The Kier molecular flexibility index (Phi) is 8.37. The van der Waals surface area contributed by atoms with Gasteiger partial charge in [-0.25, -0.2) is 0 Å². The normalized spacial score (nSPS) is 14.0. The molecule has 3 aromatic carbocycles. The quantitative estimate of drug-likeness (QED) is 0.329. The second kappa shape index (κ2) is 11.2. The van der Waals surface area contributed by atoms with Crippen LogP contribution in [0.1, 0.15) is 51.8 Å². The molecule has 4 heteroatoms. The SMILES string of the molecule is Cc1ccc([C@H](CC#N)[AsH][C@@H](C)C(Cc2ccc(Cl)cc2)c2cccc(C#N)c2)cc1. The Bertz CT molecular complexity index is 1080. The Morgan fingerprint density at radius 1 is 0.935 bits per heavy atom. The summed E-state index contributed by atoms with van der Waals surface area (Å²) in [4.78, 5) is 0. The molecule has 156 valence electrons. The van der Waals surface area contributed by atoms with E-state index in [1.54, 1.807) is 0 Å². The van der Waals surface area contributed by atoms with E-state index in [0.717, 1.165) is 11.4 Å². The van der Waals surface area contributed by atoms with Crippen molar-refractivity contribution < 1.29 is 0 Å². The Morgan fingerprint density at radius 3 is 2.29 bits per heavy atom. The van der Waals surface area contributed by atoms with Gasteiger partial charge in [-0.3, -0.25) is 0 Å². The van der Waals surface area contributed by atoms with Crippen LogP contribution < -0.4 is 0 Å². The first kappa shape index (κ1) is 23.2. The number of nitriles is 2. The van der Waals surface area contributed by atoms with Crippen LogP contribution in [-0.4, -0.2) is 15.8 Å². The number of hydrogen-bond donors (Lipinski definition) is 0. The van der Waals surface area contributed by atoms with Crippen LogP contribution in [0.25, 0.3) is 0 Å². The van der Waals surface area contributed by atoms with E-state index in [4.69, 9.17) is 11.6 Å². The second-order valence-corrected chi connectivity index (χ2v) is 12.5. The third-order valence-corrected chi connectivity index (χ3v) is 9.83. The summed E-state index contributed by atoms with van der Waals surface area (Å²) in [6.45, 7) is 4.41. The third kappa shape index (κ3) is 6.48. The van der Waals surface area contributed by atoms with Crippen molar-refractivity contribution in [2.45, 2.75) is 42.0 Å². The van der Waals surface area contributed by atoms with E-state index in [2.05, 4.69) is 68.5 Å². The average Bonchev–Trinajstić information content (AvgIpc) is 2.79. The van der Waals surface area contributed by atoms with E-state index in [0.29, 0.717) is 27.3 Å². The van der Waals surface area contributed by atoms with Crippen LogP contribution in [0.5, 0.6) is 0 Å². The molecule has 3 aromatic rings. The molecule has 0 heterocycles. The molecule has 0 aliphatic carbocycles. The van der Waals surface area contributed by atoms with Crippen LogP contribution in [0.15, 0.2) is 72.8 Å². The molecule has 3 rings (SSSR count). The predicted octanol–water partition coefficient (Wildman–Crippen LogP) is 6.75. The van der Waals surface area contributed by atoms with E-state index in [1.807, 2.05) is 30.3 Å². The van der Waals surface area contributed by atoms with E-state index in [1.165, 1.54) is 22.3 Å². The monoisotopic (exact) mass is 488 g/mol. The molecule has 0 aliphatic rings. The fourth-order valence-corrected chi connectivity index (χ4v) is 7.74. The van der Waals surface area contributed by atoms with Crippen LogP contribution in [0, 0.1) is 29.6 Å². The fourth-order valence-electron chi connectivity index (χ4n) is 3.89. The van der Waals surface area contributed by atoms with Crippen LogP contribution in [-0.2, 0) is 6.42 Å². The minimum atomic E-state index is -0.482. The molecule has 0 aliphatic heterocycles. The molecule has 0 N–H and O–H groups in total. The molecule has 0 amide bonds. The Hall–Kier alpha value is -2.51. The van der Waals surface area contributed by atoms with E-state index in [-0.39, 0.29) is 0 Å². The summed E-state index contributed by atoms with van der Waals surface area (Å²) in [7, 11) is 0. The average molecular weight is 489 g/mol. The van der Waals surface area contributed by atoms with Gasteiger partial charge in [0.1, 0.15) is 0 Å². The third-order valence-electron chi connectivity index (χ3n) is 5.66. The number of aryl methyl sites for hydroxylation is 1. The first-order valence-corrected chi connectivity index (χ1v) is 13.2. The molecular formula is C27H26AsClN2. The summed E-state index contributed by atoms with van der Waals surface area (Å²) in [5, 5.41) is 19.6. The van der Waals surface area contributed by atoms with Gasteiger partial charge in [0.15, 0.2) is 0 Å². The molecular weight excluding hydrogens is 463 g/mol. The molecule has 0 spiro atoms. The molecule has 0 radical (unpaired) electrons. The van der Waals surface area contributed by atoms with Crippen molar-refractivity contribution in [1.82, 2.24) is 0 Å². The Labute approximate surface area is 197 Å². The molecule has 31 heavy (non-hydrogen) atoms. The van der Waals surface area contributed by atoms with Crippen LogP contribution >= 0.6 is 11.6 Å². The van der Waals surface area contributed by atoms with E-state index < -0.39 is 15.8 Å². The van der Waals surface area contributed by atoms with Crippen molar-refractivity contribution in [1.29, 1.82) is 10.5 Å². The zero-order chi connectivity index (χ0) is 22.2. The van der Waals surface area contributed by atoms with Gasteiger partial charge in [0.05, 0.1) is 0 Å². The topological polar surface area (TPSA) is 47.6 Å². The van der Waals surface area contributed by atoms with Gasteiger partial charge in [0, 0.05) is 0 Å². The molecule has 0 fully saturated rings. The summed E-state index contributed by atoms with van der Waals surface area (Å²) in [5.74, 6) is 0.293. The zero-order valence-corrected chi connectivity index (χ0v) is 20.7. The predicted molar refractivity (Wildman–Crippen MR) is 130 cm³/mol. The Balaban J connectivity index is 1.90. The van der Waals surface area contributed by atoms with Crippen molar-refractivity contribution in [3.63, 3.8) is 0 Å². The van der Waals surface area contributed by atoms with Crippen LogP contribution in [0.2, 0.25) is 9.73 Å². The molecule has 0 bridgehead atoms. The van der Waals surface area contributed by atoms with E-state index in [9.17, 15) is 10.5 Å². The van der Waals surface area contributed by atoms with Gasteiger partial charge in [-0.15, -0.1) is 0 Å². The molecule has 0 saturated carbocycles. The summed E-state index contributed by atoms with van der Waals surface area (Å²) in [5.41, 5.74) is 5.64. The number of rotatable bonds is 8. The Morgan fingerprint density at radius 2 is 1.65 bits per heavy atom. The summed E-state index contributed by atoms with van der Waals surface area (Å²) >= 11 is 5.61. The van der Waals surface area contributed by atoms with E-state index >= 15 is 0 Å². The minimum absolute atomic E-state index is 0.293. The molecule has 0 aromatic heterocycles. The fraction of sp³-hybridized carbons (Fsp3) is 0.259. The standard InChI is InChI=1S/C27H26AsClN2/c1-19-6-10-23(11-7-19)27(14-15-30)28-20(2)26(17-21-8-12-25(29)13-9-21)24-5-3-4-22(16-24)18-31/h3-13,16,20,26-28H,14,17H2,1-2H3/t20-,26?,27-/m0/s1. The maximum atomic E-state index is 9.47. The van der Waals surface area contributed by atoms with Gasteiger partial charge >= 0.3 is 198 Å². The number of nitrogens with zero attached hydrogens (tertiary/aromatic N) is 2. The van der Waals surface area contributed by atoms with Crippen molar-refractivity contribution in [3.05, 3.63) is 106 Å². The second-order valence-electron chi connectivity index (χ2n) is 7.96. The van der Waals surface area contributed by atoms with Crippen molar-refractivity contribution in [3.8, 4) is 12.1 Å². The van der Waals surface area contributed by atoms with Gasteiger partial charge in [-0.05, 0) is 0 Å². The maximum absolute atomic E-state index is 9.47.